The van der Waals surface area contributed by atoms with Crippen LogP contribution in [0.3, 0.4) is 0 Å². The monoisotopic (exact) mass is 235 g/mol. The van der Waals surface area contributed by atoms with Crippen molar-refractivity contribution < 1.29 is 18.8 Å². The molecule has 0 aliphatic rings. The van der Waals surface area contributed by atoms with E-state index in [0.29, 0.717) is 11.3 Å². The van der Waals surface area contributed by atoms with Crippen LogP contribution in [0.4, 0.5) is 0 Å². The molecule has 0 radical (unpaired) electrons. The van der Waals surface area contributed by atoms with E-state index >= 15 is 0 Å². The maximum Gasteiger partial charge on any atom is 0.316 e. The molecule has 0 fully saturated rings. The van der Waals surface area contributed by atoms with Crippen molar-refractivity contribution in [1.29, 1.82) is 0 Å². The number of hydrogen-bond acceptors (Lipinski definition) is 4. The second-order valence-corrected chi connectivity index (χ2v) is 3.45. The SMILES string of the molecule is COc1c(C(=O)N(C)OC)oc2ccccc12. The number of carbonyl (C=O) groups is 1. The quantitative estimate of drug-likeness (QED) is 0.764. The predicted molar refractivity (Wildman–Crippen MR) is 61.9 cm³/mol. The molecule has 0 bridgehead atoms. The fourth-order valence-corrected chi connectivity index (χ4v) is 1.59. The molecule has 90 valence electrons. The molecular formula is C12H13NO4. The Morgan fingerprint density at radius 3 is 2.65 bits per heavy atom. The Morgan fingerprint density at radius 1 is 1.29 bits per heavy atom. The number of hydroxylamine groups is 2. The molecule has 5 nitrogen and oxygen atoms in total. The zero-order valence-electron chi connectivity index (χ0n) is 9.89. The van der Waals surface area contributed by atoms with Gasteiger partial charge in [0, 0.05) is 7.05 Å². The molecule has 1 aromatic carbocycles. The number of benzene rings is 1. The number of carbonyl (C=O) groups excluding carboxylic acids is 1. The Bertz CT molecular complexity index is 546. The first kappa shape index (κ1) is 11.5. The molecule has 2 aromatic rings. The van der Waals surface area contributed by atoms with Crippen molar-refractivity contribution in [2.45, 2.75) is 0 Å². The second kappa shape index (κ2) is 4.47. The summed E-state index contributed by atoms with van der Waals surface area (Å²) in [6.45, 7) is 0. The summed E-state index contributed by atoms with van der Waals surface area (Å²) in [4.78, 5) is 16.8. The number of furan rings is 1. The highest BCUT2D eigenvalue weighted by atomic mass is 16.7. The Labute approximate surface area is 98.5 Å². The molecule has 0 unspecified atom stereocenters. The van der Waals surface area contributed by atoms with Crippen molar-refractivity contribution in [3.05, 3.63) is 30.0 Å². The van der Waals surface area contributed by atoms with E-state index in [2.05, 4.69) is 0 Å². The Balaban J connectivity index is 2.57. The molecule has 0 spiro atoms. The highest BCUT2D eigenvalue weighted by Gasteiger charge is 2.24. The zero-order valence-corrected chi connectivity index (χ0v) is 9.89. The number of para-hydroxylation sites is 1. The fraction of sp³-hybridized carbons (Fsp3) is 0.250. The summed E-state index contributed by atoms with van der Waals surface area (Å²) >= 11 is 0. The number of amides is 1. The molecule has 0 aliphatic carbocycles. The zero-order chi connectivity index (χ0) is 12.4. The van der Waals surface area contributed by atoms with Gasteiger partial charge in [0.15, 0.2) is 5.75 Å². The van der Waals surface area contributed by atoms with E-state index in [4.69, 9.17) is 14.0 Å². The molecule has 5 heteroatoms. The third-order valence-corrected chi connectivity index (χ3v) is 2.51. The van der Waals surface area contributed by atoms with E-state index < -0.39 is 0 Å². The number of methoxy groups -OCH3 is 1. The van der Waals surface area contributed by atoms with Crippen LogP contribution in [0.25, 0.3) is 11.0 Å². The van der Waals surface area contributed by atoms with Gasteiger partial charge in [-0.15, -0.1) is 0 Å². The molecule has 1 aromatic heterocycles. The highest BCUT2D eigenvalue weighted by molar-refractivity contribution is 6.00. The Kier molecular flexibility index (Phi) is 3.01. The van der Waals surface area contributed by atoms with Crippen LogP contribution >= 0.6 is 0 Å². The Hall–Kier alpha value is -2.01. The van der Waals surface area contributed by atoms with Crippen LogP contribution in [0, 0.1) is 0 Å². The predicted octanol–water partition coefficient (Wildman–Crippen LogP) is 2.07. The van der Waals surface area contributed by atoms with Crippen LogP contribution in [0.5, 0.6) is 5.75 Å². The summed E-state index contributed by atoms with van der Waals surface area (Å²) in [6.07, 6.45) is 0. The van der Waals surface area contributed by atoms with Gasteiger partial charge in [-0.1, -0.05) is 12.1 Å². The van der Waals surface area contributed by atoms with Gasteiger partial charge in [0.2, 0.25) is 5.76 Å². The minimum atomic E-state index is -0.388. The van der Waals surface area contributed by atoms with Crippen molar-refractivity contribution >= 4 is 16.9 Å². The van der Waals surface area contributed by atoms with Gasteiger partial charge in [-0.25, -0.2) is 5.06 Å². The van der Waals surface area contributed by atoms with Crippen LogP contribution in [-0.2, 0) is 4.84 Å². The summed E-state index contributed by atoms with van der Waals surface area (Å²) in [5.41, 5.74) is 0.609. The molecule has 0 atom stereocenters. The van der Waals surface area contributed by atoms with Crippen LogP contribution in [0.1, 0.15) is 10.6 Å². The normalized spacial score (nSPS) is 10.5. The van der Waals surface area contributed by atoms with Gasteiger partial charge in [-0.05, 0) is 12.1 Å². The van der Waals surface area contributed by atoms with E-state index in [1.807, 2.05) is 18.2 Å². The highest BCUT2D eigenvalue weighted by Crippen LogP contribution is 2.33. The molecule has 17 heavy (non-hydrogen) atoms. The minimum absolute atomic E-state index is 0.137. The number of nitrogens with zero attached hydrogens (tertiary/aromatic N) is 1. The van der Waals surface area contributed by atoms with Crippen molar-refractivity contribution in [2.24, 2.45) is 0 Å². The van der Waals surface area contributed by atoms with Crippen molar-refractivity contribution in [3.8, 4) is 5.75 Å². The third-order valence-electron chi connectivity index (χ3n) is 2.51. The molecule has 0 saturated carbocycles. The molecule has 0 aliphatic heterocycles. The van der Waals surface area contributed by atoms with Crippen molar-refractivity contribution in [3.63, 3.8) is 0 Å². The largest absolute Gasteiger partial charge is 0.492 e. The third kappa shape index (κ3) is 1.85. The number of ether oxygens (including phenoxy) is 1. The maximum absolute atomic E-state index is 12.0. The van der Waals surface area contributed by atoms with Crippen LogP contribution in [0.2, 0.25) is 0 Å². The van der Waals surface area contributed by atoms with E-state index in [9.17, 15) is 4.79 Å². The van der Waals surface area contributed by atoms with Crippen molar-refractivity contribution in [2.75, 3.05) is 21.3 Å². The van der Waals surface area contributed by atoms with Crippen LogP contribution in [0.15, 0.2) is 28.7 Å². The first-order chi connectivity index (χ1) is 8.19. The first-order valence-electron chi connectivity index (χ1n) is 5.06. The minimum Gasteiger partial charge on any atom is -0.492 e. The average Bonchev–Trinajstić information content (AvgIpc) is 2.75. The lowest BCUT2D eigenvalue weighted by Gasteiger charge is -2.12. The van der Waals surface area contributed by atoms with Gasteiger partial charge in [-0.3, -0.25) is 9.63 Å². The van der Waals surface area contributed by atoms with Crippen molar-refractivity contribution in [1.82, 2.24) is 5.06 Å². The van der Waals surface area contributed by atoms with Gasteiger partial charge in [0.05, 0.1) is 19.6 Å². The van der Waals surface area contributed by atoms with Crippen LogP contribution in [-0.4, -0.2) is 32.2 Å². The van der Waals surface area contributed by atoms with Crippen LogP contribution < -0.4 is 4.74 Å². The smallest absolute Gasteiger partial charge is 0.316 e. The number of hydrogen-bond donors (Lipinski definition) is 0. The van der Waals surface area contributed by atoms with E-state index in [1.54, 1.807) is 6.07 Å². The summed E-state index contributed by atoms with van der Waals surface area (Å²) in [5.74, 6) is 0.174. The van der Waals surface area contributed by atoms with Gasteiger partial charge in [0.1, 0.15) is 5.58 Å². The summed E-state index contributed by atoms with van der Waals surface area (Å²) in [7, 11) is 4.42. The average molecular weight is 235 g/mol. The van der Waals surface area contributed by atoms with E-state index in [1.165, 1.54) is 21.3 Å². The summed E-state index contributed by atoms with van der Waals surface area (Å²) < 4.78 is 10.7. The molecule has 0 saturated heterocycles. The van der Waals surface area contributed by atoms with Gasteiger partial charge >= 0.3 is 5.91 Å². The maximum atomic E-state index is 12.0. The number of fused-ring (bicyclic) bond motifs is 1. The first-order valence-corrected chi connectivity index (χ1v) is 5.06. The topological polar surface area (TPSA) is 51.9 Å². The lowest BCUT2D eigenvalue weighted by atomic mass is 10.2. The number of rotatable bonds is 3. The van der Waals surface area contributed by atoms with Gasteiger partial charge in [-0.2, -0.15) is 0 Å². The lowest BCUT2D eigenvalue weighted by molar-refractivity contribution is -0.0774. The Morgan fingerprint density at radius 2 is 2.00 bits per heavy atom. The molecule has 1 amide bonds. The summed E-state index contributed by atoms with van der Waals surface area (Å²) in [5, 5.41) is 1.85. The second-order valence-electron chi connectivity index (χ2n) is 3.45. The molecule has 2 rings (SSSR count). The van der Waals surface area contributed by atoms with Gasteiger partial charge in [0.25, 0.3) is 0 Å². The van der Waals surface area contributed by atoms with E-state index in [-0.39, 0.29) is 11.7 Å². The summed E-state index contributed by atoms with van der Waals surface area (Å²) in [6, 6.07) is 7.30. The molecule has 0 N–H and O–H groups in total. The lowest BCUT2D eigenvalue weighted by Crippen LogP contribution is -2.25. The standard InChI is InChI=1S/C12H13NO4/c1-13(16-3)12(14)11-10(15-2)8-6-4-5-7-9(8)17-11/h4-7H,1-3H3. The molecule has 1 heterocycles. The van der Waals surface area contributed by atoms with Gasteiger partial charge < -0.3 is 9.15 Å². The molecular weight excluding hydrogens is 222 g/mol. The fourth-order valence-electron chi connectivity index (χ4n) is 1.59. The van der Waals surface area contributed by atoms with E-state index in [0.717, 1.165) is 10.4 Å².